The smallest absolute Gasteiger partial charge is 0.0500 e. The van der Waals surface area contributed by atoms with Crippen molar-refractivity contribution in [2.75, 3.05) is 23.8 Å². The van der Waals surface area contributed by atoms with E-state index in [0.717, 1.165) is 13.0 Å². The molecule has 0 aliphatic carbocycles. The minimum atomic E-state index is 0.506. The fourth-order valence-electron chi connectivity index (χ4n) is 3.10. The Labute approximate surface area is 121 Å². The molecule has 1 heterocycles. The molecule has 0 fully saturated rings. The molecule has 1 aliphatic heterocycles. The van der Waals surface area contributed by atoms with E-state index in [-0.39, 0.29) is 0 Å². The fraction of sp³-hybridized carbons (Fsp3) is 0.333. The summed E-state index contributed by atoms with van der Waals surface area (Å²) in [6.45, 7) is 5.35. The summed E-state index contributed by atoms with van der Waals surface area (Å²) in [4.78, 5) is 2.41. The van der Waals surface area contributed by atoms with E-state index in [9.17, 15) is 0 Å². The van der Waals surface area contributed by atoms with Crippen molar-refractivity contribution in [1.82, 2.24) is 0 Å². The SMILES string of the molecule is Cc1ccc(N(C)C2CNc3ccccc3C2)c(C)c1. The van der Waals surface area contributed by atoms with Gasteiger partial charge in [0, 0.05) is 25.0 Å². The van der Waals surface area contributed by atoms with Crippen LogP contribution in [0.1, 0.15) is 16.7 Å². The number of hydrogen-bond acceptors (Lipinski definition) is 2. The van der Waals surface area contributed by atoms with Gasteiger partial charge < -0.3 is 10.2 Å². The molecule has 3 rings (SSSR count). The highest BCUT2D eigenvalue weighted by molar-refractivity contribution is 5.58. The van der Waals surface area contributed by atoms with Gasteiger partial charge in [0.15, 0.2) is 0 Å². The van der Waals surface area contributed by atoms with E-state index in [0.29, 0.717) is 6.04 Å². The Bertz CT molecular complexity index is 619. The third-order valence-electron chi connectivity index (χ3n) is 4.28. The number of benzene rings is 2. The van der Waals surface area contributed by atoms with Crippen LogP contribution in [-0.2, 0) is 6.42 Å². The quantitative estimate of drug-likeness (QED) is 0.890. The molecular weight excluding hydrogens is 244 g/mol. The Hall–Kier alpha value is -1.96. The normalized spacial score (nSPS) is 17.2. The third kappa shape index (κ3) is 2.38. The van der Waals surface area contributed by atoms with Gasteiger partial charge in [-0.25, -0.2) is 0 Å². The summed E-state index contributed by atoms with van der Waals surface area (Å²) < 4.78 is 0. The first-order valence-electron chi connectivity index (χ1n) is 7.27. The zero-order valence-corrected chi connectivity index (χ0v) is 12.5. The van der Waals surface area contributed by atoms with Crippen molar-refractivity contribution < 1.29 is 0 Å². The zero-order chi connectivity index (χ0) is 14.1. The van der Waals surface area contributed by atoms with Crippen LogP contribution >= 0.6 is 0 Å². The second-order valence-corrected chi connectivity index (χ2v) is 5.80. The van der Waals surface area contributed by atoms with Crippen molar-refractivity contribution in [3.05, 3.63) is 59.2 Å². The average molecular weight is 266 g/mol. The van der Waals surface area contributed by atoms with Crippen molar-refractivity contribution >= 4 is 11.4 Å². The molecule has 1 aliphatic rings. The van der Waals surface area contributed by atoms with Gasteiger partial charge in [0.05, 0.1) is 6.04 Å². The molecule has 0 bridgehead atoms. The number of fused-ring (bicyclic) bond motifs is 1. The Morgan fingerprint density at radius 1 is 1.10 bits per heavy atom. The standard InChI is InChI=1S/C18H22N2/c1-13-8-9-18(14(2)10-13)20(3)16-11-15-6-4-5-7-17(15)19-12-16/h4-10,16,19H,11-12H2,1-3H3. The lowest BCUT2D eigenvalue weighted by atomic mass is 9.98. The van der Waals surface area contributed by atoms with Gasteiger partial charge >= 0.3 is 0 Å². The molecule has 2 aromatic carbocycles. The highest BCUT2D eigenvalue weighted by atomic mass is 15.2. The van der Waals surface area contributed by atoms with Crippen molar-refractivity contribution in [3.63, 3.8) is 0 Å². The van der Waals surface area contributed by atoms with E-state index in [1.54, 1.807) is 0 Å². The van der Waals surface area contributed by atoms with Gasteiger partial charge in [-0.1, -0.05) is 35.9 Å². The Morgan fingerprint density at radius 2 is 1.90 bits per heavy atom. The number of nitrogens with zero attached hydrogens (tertiary/aromatic N) is 1. The van der Waals surface area contributed by atoms with Crippen LogP contribution in [0.4, 0.5) is 11.4 Å². The van der Waals surface area contributed by atoms with Crippen LogP contribution in [0.25, 0.3) is 0 Å². The zero-order valence-electron chi connectivity index (χ0n) is 12.5. The lowest BCUT2D eigenvalue weighted by Gasteiger charge is -2.35. The van der Waals surface area contributed by atoms with E-state index in [2.05, 4.69) is 73.6 Å². The summed E-state index contributed by atoms with van der Waals surface area (Å²) in [6.07, 6.45) is 1.10. The fourth-order valence-corrected chi connectivity index (χ4v) is 3.10. The Morgan fingerprint density at radius 3 is 2.70 bits per heavy atom. The van der Waals surface area contributed by atoms with Crippen molar-refractivity contribution in [1.29, 1.82) is 0 Å². The van der Waals surface area contributed by atoms with E-state index in [1.807, 2.05) is 0 Å². The number of rotatable bonds is 2. The molecular formula is C18H22N2. The summed E-state index contributed by atoms with van der Waals surface area (Å²) in [7, 11) is 2.21. The maximum absolute atomic E-state index is 3.55. The second kappa shape index (κ2) is 5.20. The highest BCUT2D eigenvalue weighted by Gasteiger charge is 2.22. The summed E-state index contributed by atoms with van der Waals surface area (Å²) in [5, 5.41) is 3.55. The molecule has 0 amide bonds. The van der Waals surface area contributed by atoms with Crippen LogP contribution in [0, 0.1) is 13.8 Å². The number of anilines is 2. The maximum Gasteiger partial charge on any atom is 0.0500 e. The minimum Gasteiger partial charge on any atom is -0.383 e. The molecule has 20 heavy (non-hydrogen) atoms. The number of hydrogen-bond donors (Lipinski definition) is 1. The van der Waals surface area contributed by atoms with E-state index in [1.165, 1.54) is 28.1 Å². The molecule has 1 atom stereocenters. The van der Waals surface area contributed by atoms with Crippen LogP contribution < -0.4 is 10.2 Å². The number of nitrogens with one attached hydrogen (secondary N) is 1. The molecule has 1 unspecified atom stereocenters. The number of para-hydroxylation sites is 1. The molecule has 104 valence electrons. The molecule has 2 nitrogen and oxygen atoms in total. The molecule has 1 N–H and O–H groups in total. The lowest BCUT2D eigenvalue weighted by molar-refractivity contribution is 0.634. The molecule has 0 saturated heterocycles. The van der Waals surface area contributed by atoms with Crippen LogP contribution in [0.3, 0.4) is 0 Å². The summed E-state index contributed by atoms with van der Waals surface area (Å²) in [5.41, 5.74) is 6.72. The Balaban J connectivity index is 1.84. The molecule has 0 aromatic heterocycles. The van der Waals surface area contributed by atoms with Gasteiger partial charge in [-0.2, -0.15) is 0 Å². The largest absolute Gasteiger partial charge is 0.383 e. The molecule has 0 radical (unpaired) electrons. The van der Waals surface area contributed by atoms with E-state index >= 15 is 0 Å². The van der Waals surface area contributed by atoms with Gasteiger partial charge in [-0.15, -0.1) is 0 Å². The van der Waals surface area contributed by atoms with Crippen LogP contribution in [0.5, 0.6) is 0 Å². The van der Waals surface area contributed by atoms with Crippen LogP contribution in [0.2, 0.25) is 0 Å². The van der Waals surface area contributed by atoms with E-state index < -0.39 is 0 Å². The summed E-state index contributed by atoms with van der Waals surface area (Å²) in [5.74, 6) is 0. The van der Waals surface area contributed by atoms with Gasteiger partial charge in [0.2, 0.25) is 0 Å². The van der Waals surface area contributed by atoms with Gasteiger partial charge in [-0.05, 0) is 43.5 Å². The monoisotopic (exact) mass is 266 g/mol. The average Bonchev–Trinajstić information content (AvgIpc) is 2.46. The van der Waals surface area contributed by atoms with Crippen molar-refractivity contribution in [2.45, 2.75) is 26.3 Å². The predicted octanol–water partition coefficient (Wildman–Crippen LogP) is 3.78. The molecule has 0 saturated carbocycles. The van der Waals surface area contributed by atoms with Gasteiger partial charge in [0.1, 0.15) is 0 Å². The summed E-state index contributed by atoms with van der Waals surface area (Å²) >= 11 is 0. The van der Waals surface area contributed by atoms with E-state index in [4.69, 9.17) is 0 Å². The lowest BCUT2D eigenvalue weighted by Crippen LogP contribution is -2.42. The number of aryl methyl sites for hydroxylation is 2. The van der Waals surface area contributed by atoms with Crippen molar-refractivity contribution in [2.24, 2.45) is 0 Å². The minimum absolute atomic E-state index is 0.506. The number of likely N-dealkylation sites (N-methyl/N-ethyl adjacent to an activating group) is 1. The van der Waals surface area contributed by atoms with Gasteiger partial charge in [-0.3, -0.25) is 0 Å². The first-order chi connectivity index (χ1) is 9.65. The summed E-state index contributed by atoms with van der Waals surface area (Å²) in [6, 6.07) is 15.8. The molecule has 2 aromatic rings. The predicted molar refractivity (Wildman–Crippen MR) is 86.7 cm³/mol. The van der Waals surface area contributed by atoms with Gasteiger partial charge in [0.25, 0.3) is 0 Å². The van der Waals surface area contributed by atoms with Crippen molar-refractivity contribution in [3.8, 4) is 0 Å². The Kier molecular flexibility index (Phi) is 3.39. The van der Waals surface area contributed by atoms with Crippen LogP contribution in [-0.4, -0.2) is 19.6 Å². The maximum atomic E-state index is 3.55. The first-order valence-corrected chi connectivity index (χ1v) is 7.27. The molecule has 0 spiro atoms. The molecule has 2 heteroatoms. The first kappa shape index (κ1) is 13.0. The van der Waals surface area contributed by atoms with Crippen LogP contribution in [0.15, 0.2) is 42.5 Å². The third-order valence-corrected chi connectivity index (χ3v) is 4.28. The highest BCUT2D eigenvalue weighted by Crippen LogP contribution is 2.27. The topological polar surface area (TPSA) is 15.3 Å². The second-order valence-electron chi connectivity index (χ2n) is 5.80.